The SMILES string of the molecule is Cc1cc(OCC(O)c2ccc(S(C)(=O)=O)cc2)ccc1Cl. The van der Waals surface area contributed by atoms with Gasteiger partial charge >= 0.3 is 0 Å². The first-order valence-corrected chi connectivity index (χ1v) is 8.91. The lowest BCUT2D eigenvalue weighted by atomic mass is 10.1. The van der Waals surface area contributed by atoms with Crippen molar-refractivity contribution in [3.8, 4) is 5.75 Å². The van der Waals surface area contributed by atoms with E-state index in [1.54, 1.807) is 30.3 Å². The van der Waals surface area contributed by atoms with E-state index >= 15 is 0 Å². The van der Waals surface area contributed by atoms with Crippen LogP contribution in [0.4, 0.5) is 0 Å². The molecule has 0 aliphatic heterocycles. The third-order valence-electron chi connectivity index (χ3n) is 3.23. The molecule has 0 bridgehead atoms. The van der Waals surface area contributed by atoms with Gasteiger partial charge in [-0.05, 0) is 48.4 Å². The number of rotatable bonds is 5. The van der Waals surface area contributed by atoms with E-state index in [0.29, 0.717) is 16.3 Å². The Morgan fingerprint density at radius 1 is 1.18 bits per heavy atom. The van der Waals surface area contributed by atoms with Gasteiger partial charge in [0.15, 0.2) is 9.84 Å². The van der Waals surface area contributed by atoms with Crippen molar-refractivity contribution in [3.05, 3.63) is 58.6 Å². The highest BCUT2D eigenvalue weighted by molar-refractivity contribution is 7.90. The Labute approximate surface area is 135 Å². The number of hydrogen-bond donors (Lipinski definition) is 1. The van der Waals surface area contributed by atoms with Crippen LogP contribution in [-0.2, 0) is 9.84 Å². The minimum atomic E-state index is -3.23. The van der Waals surface area contributed by atoms with E-state index < -0.39 is 15.9 Å². The first-order chi connectivity index (χ1) is 10.3. The van der Waals surface area contributed by atoms with Crippen molar-refractivity contribution in [1.82, 2.24) is 0 Å². The molecule has 22 heavy (non-hydrogen) atoms. The smallest absolute Gasteiger partial charge is 0.175 e. The van der Waals surface area contributed by atoms with Crippen LogP contribution < -0.4 is 4.74 Å². The average Bonchev–Trinajstić information content (AvgIpc) is 2.47. The van der Waals surface area contributed by atoms with E-state index in [1.807, 2.05) is 6.92 Å². The summed E-state index contributed by atoms with van der Waals surface area (Å²) < 4.78 is 28.3. The summed E-state index contributed by atoms with van der Waals surface area (Å²) in [5.41, 5.74) is 1.49. The van der Waals surface area contributed by atoms with E-state index in [0.717, 1.165) is 11.8 Å². The van der Waals surface area contributed by atoms with E-state index in [1.165, 1.54) is 12.1 Å². The van der Waals surface area contributed by atoms with Gasteiger partial charge in [0.25, 0.3) is 0 Å². The number of aliphatic hydroxyl groups excluding tert-OH is 1. The van der Waals surface area contributed by atoms with Crippen molar-refractivity contribution in [2.75, 3.05) is 12.9 Å². The molecule has 0 aliphatic rings. The predicted molar refractivity (Wildman–Crippen MR) is 86.2 cm³/mol. The number of benzene rings is 2. The number of aliphatic hydroxyl groups is 1. The molecule has 2 aromatic rings. The second-order valence-corrected chi connectivity index (χ2v) is 7.50. The van der Waals surface area contributed by atoms with Crippen LogP contribution in [0.2, 0.25) is 5.02 Å². The Morgan fingerprint density at radius 2 is 1.82 bits per heavy atom. The topological polar surface area (TPSA) is 63.6 Å². The first kappa shape index (κ1) is 16.8. The Bertz CT molecular complexity index is 754. The molecule has 0 heterocycles. The summed E-state index contributed by atoms with van der Waals surface area (Å²) in [6, 6.07) is 11.4. The van der Waals surface area contributed by atoms with E-state index in [9.17, 15) is 13.5 Å². The zero-order chi connectivity index (χ0) is 16.3. The molecule has 0 fully saturated rings. The number of ether oxygens (including phenoxy) is 1. The summed E-state index contributed by atoms with van der Waals surface area (Å²) in [5, 5.41) is 10.8. The largest absolute Gasteiger partial charge is 0.491 e. The normalized spacial score (nSPS) is 12.9. The van der Waals surface area contributed by atoms with Crippen LogP contribution >= 0.6 is 11.6 Å². The van der Waals surface area contributed by atoms with Crippen molar-refractivity contribution in [1.29, 1.82) is 0 Å². The molecular weight excluding hydrogens is 324 g/mol. The predicted octanol–water partition coefficient (Wildman–Crippen LogP) is 3.16. The lowest BCUT2D eigenvalue weighted by Gasteiger charge is -2.13. The first-order valence-electron chi connectivity index (χ1n) is 6.64. The molecule has 6 heteroatoms. The zero-order valence-electron chi connectivity index (χ0n) is 12.3. The molecule has 0 saturated carbocycles. The molecule has 0 aromatic heterocycles. The quantitative estimate of drug-likeness (QED) is 0.908. The lowest BCUT2D eigenvalue weighted by Crippen LogP contribution is -2.10. The fourth-order valence-corrected chi connectivity index (χ4v) is 2.66. The molecule has 118 valence electrons. The molecular formula is C16H17ClO4S. The van der Waals surface area contributed by atoms with Gasteiger partial charge in [0.1, 0.15) is 18.5 Å². The minimum absolute atomic E-state index is 0.0687. The second-order valence-electron chi connectivity index (χ2n) is 5.08. The third-order valence-corrected chi connectivity index (χ3v) is 4.78. The van der Waals surface area contributed by atoms with Crippen LogP contribution in [0.5, 0.6) is 5.75 Å². The monoisotopic (exact) mass is 340 g/mol. The van der Waals surface area contributed by atoms with Crippen LogP contribution in [-0.4, -0.2) is 26.4 Å². The fraction of sp³-hybridized carbons (Fsp3) is 0.250. The maximum atomic E-state index is 11.4. The Balaban J connectivity index is 2.03. The molecule has 4 nitrogen and oxygen atoms in total. The minimum Gasteiger partial charge on any atom is -0.491 e. The highest BCUT2D eigenvalue weighted by atomic mass is 35.5. The van der Waals surface area contributed by atoms with E-state index in [4.69, 9.17) is 16.3 Å². The summed E-state index contributed by atoms with van der Waals surface area (Å²) >= 11 is 5.94. The number of halogens is 1. The highest BCUT2D eigenvalue weighted by Crippen LogP contribution is 2.23. The zero-order valence-corrected chi connectivity index (χ0v) is 13.9. The molecule has 0 saturated heterocycles. The summed E-state index contributed by atoms with van der Waals surface area (Å²) in [4.78, 5) is 0.220. The maximum Gasteiger partial charge on any atom is 0.175 e. The van der Waals surface area contributed by atoms with Gasteiger partial charge in [0, 0.05) is 11.3 Å². The van der Waals surface area contributed by atoms with Crippen LogP contribution in [0.3, 0.4) is 0 Å². The van der Waals surface area contributed by atoms with Crippen LogP contribution in [0.25, 0.3) is 0 Å². The standard InChI is InChI=1S/C16H17ClO4S/c1-11-9-13(5-8-15(11)17)21-10-16(18)12-3-6-14(7-4-12)22(2,19)20/h3-9,16,18H,10H2,1-2H3. The van der Waals surface area contributed by atoms with E-state index in [-0.39, 0.29) is 11.5 Å². The van der Waals surface area contributed by atoms with Gasteiger partial charge in [-0.3, -0.25) is 0 Å². The molecule has 1 unspecified atom stereocenters. The fourth-order valence-electron chi connectivity index (χ4n) is 1.92. The molecule has 1 N–H and O–H groups in total. The summed E-state index contributed by atoms with van der Waals surface area (Å²) in [6.45, 7) is 1.94. The Hall–Kier alpha value is -1.56. The lowest BCUT2D eigenvalue weighted by molar-refractivity contribution is 0.108. The number of hydrogen-bond acceptors (Lipinski definition) is 4. The highest BCUT2D eigenvalue weighted by Gasteiger charge is 2.11. The number of aryl methyl sites for hydroxylation is 1. The van der Waals surface area contributed by atoms with Crippen molar-refractivity contribution >= 4 is 21.4 Å². The molecule has 2 rings (SSSR count). The molecule has 0 amide bonds. The molecule has 1 atom stereocenters. The van der Waals surface area contributed by atoms with Crippen LogP contribution in [0.1, 0.15) is 17.2 Å². The Kier molecular flexibility index (Phi) is 5.11. The Morgan fingerprint density at radius 3 is 2.36 bits per heavy atom. The van der Waals surface area contributed by atoms with Crippen LogP contribution in [0, 0.1) is 6.92 Å². The van der Waals surface area contributed by atoms with Crippen molar-refractivity contribution < 1.29 is 18.3 Å². The summed E-state index contributed by atoms with van der Waals surface area (Å²) in [6.07, 6.45) is 0.300. The van der Waals surface area contributed by atoms with Crippen molar-refractivity contribution in [2.45, 2.75) is 17.9 Å². The molecule has 2 aromatic carbocycles. The molecule has 0 radical (unpaired) electrons. The van der Waals surface area contributed by atoms with Crippen LogP contribution in [0.15, 0.2) is 47.4 Å². The number of sulfone groups is 1. The van der Waals surface area contributed by atoms with Gasteiger partial charge in [-0.1, -0.05) is 23.7 Å². The van der Waals surface area contributed by atoms with Crippen molar-refractivity contribution in [2.24, 2.45) is 0 Å². The van der Waals surface area contributed by atoms with Gasteiger partial charge in [-0.25, -0.2) is 8.42 Å². The average molecular weight is 341 g/mol. The van der Waals surface area contributed by atoms with Gasteiger partial charge in [0.2, 0.25) is 0 Å². The van der Waals surface area contributed by atoms with Gasteiger partial charge in [-0.15, -0.1) is 0 Å². The van der Waals surface area contributed by atoms with Gasteiger partial charge < -0.3 is 9.84 Å². The molecule has 0 aliphatic carbocycles. The van der Waals surface area contributed by atoms with E-state index in [2.05, 4.69) is 0 Å². The van der Waals surface area contributed by atoms with Gasteiger partial charge in [-0.2, -0.15) is 0 Å². The second kappa shape index (κ2) is 6.69. The molecule has 0 spiro atoms. The third kappa shape index (κ3) is 4.22. The summed E-state index contributed by atoms with van der Waals surface area (Å²) in [5.74, 6) is 0.619. The maximum absolute atomic E-state index is 11.4. The van der Waals surface area contributed by atoms with Crippen molar-refractivity contribution in [3.63, 3.8) is 0 Å². The summed E-state index contributed by atoms with van der Waals surface area (Å²) in [7, 11) is -3.23. The van der Waals surface area contributed by atoms with Gasteiger partial charge in [0.05, 0.1) is 4.90 Å².